The van der Waals surface area contributed by atoms with Crippen molar-refractivity contribution in [2.75, 3.05) is 0 Å². The van der Waals surface area contributed by atoms with Crippen molar-refractivity contribution in [2.24, 2.45) is 7.05 Å². The van der Waals surface area contributed by atoms with Crippen LogP contribution >= 0.6 is 0 Å². The highest BCUT2D eigenvalue weighted by Gasteiger charge is 2.04. The first-order valence-corrected chi connectivity index (χ1v) is 4.35. The highest BCUT2D eigenvalue weighted by Crippen LogP contribution is 2.19. The van der Waals surface area contributed by atoms with Crippen molar-refractivity contribution < 1.29 is 5.11 Å². The third-order valence-corrected chi connectivity index (χ3v) is 2.44. The molecule has 1 aromatic heterocycles. The first-order valence-electron chi connectivity index (χ1n) is 4.35. The molecule has 0 saturated carbocycles. The number of fused-ring (bicyclic) bond motifs is 1. The van der Waals surface area contributed by atoms with Crippen LogP contribution in [0.3, 0.4) is 0 Å². The van der Waals surface area contributed by atoms with Gasteiger partial charge in [-0.1, -0.05) is 6.07 Å². The Morgan fingerprint density at radius 3 is 2.86 bits per heavy atom. The molecule has 1 heterocycles. The molecule has 1 N–H and O–H groups in total. The van der Waals surface area contributed by atoms with Crippen molar-refractivity contribution in [3.63, 3.8) is 0 Å². The van der Waals surface area contributed by atoms with Crippen molar-refractivity contribution in [3.8, 4) is 6.07 Å². The molecule has 0 atom stereocenters. The Labute approximate surface area is 81.8 Å². The van der Waals surface area contributed by atoms with Crippen LogP contribution in [0.25, 0.3) is 10.9 Å². The van der Waals surface area contributed by atoms with Gasteiger partial charge in [-0.25, -0.2) is 0 Å². The van der Waals surface area contributed by atoms with Crippen LogP contribution in [0.4, 0.5) is 0 Å². The molecule has 0 aliphatic heterocycles. The van der Waals surface area contributed by atoms with Gasteiger partial charge in [0.15, 0.2) is 0 Å². The van der Waals surface area contributed by atoms with E-state index in [1.165, 1.54) is 0 Å². The minimum absolute atomic E-state index is 0.0209. The second kappa shape index (κ2) is 3.17. The topological polar surface area (TPSA) is 49.0 Å². The van der Waals surface area contributed by atoms with Gasteiger partial charge in [0.05, 0.1) is 18.2 Å². The Kier molecular flexibility index (Phi) is 1.99. The Morgan fingerprint density at radius 1 is 1.43 bits per heavy atom. The minimum atomic E-state index is 0.0209. The summed E-state index contributed by atoms with van der Waals surface area (Å²) in [6, 6.07) is 9.53. The predicted octanol–water partition coefficient (Wildman–Crippen LogP) is 1.54. The molecule has 3 heteroatoms. The summed E-state index contributed by atoms with van der Waals surface area (Å²) in [6.07, 6.45) is 0. The Hall–Kier alpha value is -1.79. The maximum Gasteiger partial charge on any atom is 0.0992 e. The van der Waals surface area contributed by atoms with Crippen LogP contribution in [0.5, 0.6) is 0 Å². The van der Waals surface area contributed by atoms with Crippen LogP contribution in [-0.4, -0.2) is 9.67 Å². The second-order valence-corrected chi connectivity index (χ2v) is 3.24. The summed E-state index contributed by atoms with van der Waals surface area (Å²) >= 11 is 0. The van der Waals surface area contributed by atoms with Crippen molar-refractivity contribution in [2.45, 2.75) is 6.61 Å². The summed E-state index contributed by atoms with van der Waals surface area (Å²) in [5, 5.41) is 18.9. The van der Waals surface area contributed by atoms with Crippen LogP contribution in [-0.2, 0) is 13.7 Å². The molecule has 2 aromatic rings. The van der Waals surface area contributed by atoms with Crippen molar-refractivity contribution >= 4 is 10.9 Å². The number of aromatic nitrogens is 1. The molecule has 14 heavy (non-hydrogen) atoms. The van der Waals surface area contributed by atoms with Gasteiger partial charge in [-0.3, -0.25) is 0 Å². The quantitative estimate of drug-likeness (QED) is 0.734. The summed E-state index contributed by atoms with van der Waals surface area (Å²) in [4.78, 5) is 0. The van der Waals surface area contributed by atoms with E-state index in [2.05, 4.69) is 6.07 Å². The zero-order chi connectivity index (χ0) is 10.1. The number of rotatable bonds is 1. The number of benzene rings is 1. The van der Waals surface area contributed by atoms with Gasteiger partial charge in [0.25, 0.3) is 0 Å². The molecular weight excluding hydrogens is 176 g/mol. The molecule has 0 radical (unpaired) electrons. The van der Waals surface area contributed by atoms with Crippen LogP contribution in [0.15, 0.2) is 24.3 Å². The lowest BCUT2D eigenvalue weighted by atomic mass is 10.2. The molecule has 0 saturated heterocycles. The Bertz CT molecular complexity index is 520. The Morgan fingerprint density at radius 2 is 2.21 bits per heavy atom. The van der Waals surface area contributed by atoms with Crippen LogP contribution in [0.2, 0.25) is 0 Å². The summed E-state index contributed by atoms with van der Waals surface area (Å²) in [5.41, 5.74) is 2.48. The number of nitriles is 1. The zero-order valence-electron chi connectivity index (χ0n) is 7.86. The molecule has 0 aliphatic carbocycles. The van der Waals surface area contributed by atoms with E-state index >= 15 is 0 Å². The molecule has 3 nitrogen and oxygen atoms in total. The summed E-state index contributed by atoms with van der Waals surface area (Å²) < 4.78 is 1.90. The van der Waals surface area contributed by atoms with E-state index in [1.54, 1.807) is 6.07 Å². The maximum atomic E-state index is 9.06. The van der Waals surface area contributed by atoms with E-state index in [9.17, 15) is 0 Å². The van der Waals surface area contributed by atoms with Gasteiger partial charge in [0.1, 0.15) is 0 Å². The van der Waals surface area contributed by atoms with E-state index in [-0.39, 0.29) is 6.61 Å². The fourth-order valence-electron chi connectivity index (χ4n) is 1.61. The second-order valence-electron chi connectivity index (χ2n) is 3.24. The average molecular weight is 186 g/mol. The van der Waals surface area contributed by atoms with Gasteiger partial charge >= 0.3 is 0 Å². The molecule has 0 unspecified atom stereocenters. The first-order chi connectivity index (χ1) is 6.76. The van der Waals surface area contributed by atoms with Gasteiger partial charge in [-0.15, -0.1) is 0 Å². The molecule has 70 valence electrons. The van der Waals surface area contributed by atoms with Crippen molar-refractivity contribution in [1.29, 1.82) is 5.26 Å². The lowest BCUT2D eigenvalue weighted by Crippen LogP contribution is -1.94. The van der Waals surface area contributed by atoms with Crippen LogP contribution < -0.4 is 0 Å². The number of hydrogen-bond acceptors (Lipinski definition) is 2. The van der Waals surface area contributed by atoms with Crippen LogP contribution in [0, 0.1) is 11.3 Å². The highest BCUT2D eigenvalue weighted by molar-refractivity contribution is 5.82. The summed E-state index contributed by atoms with van der Waals surface area (Å²) in [5.74, 6) is 0. The molecule has 0 fully saturated rings. The predicted molar refractivity (Wildman–Crippen MR) is 53.6 cm³/mol. The molecule has 0 amide bonds. The van der Waals surface area contributed by atoms with E-state index in [0.717, 1.165) is 16.6 Å². The normalized spacial score (nSPS) is 10.4. The average Bonchev–Trinajstić information content (AvgIpc) is 2.55. The summed E-state index contributed by atoms with van der Waals surface area (Å²) in [7, 11) is 1.88. The smallest absolute Gasteiger partial charge is 0.0992 e. The Balaban J connectivity index is 2.75. The highest BCUT2D eigenvalue weighted by atomic mass is 16.3. The number of aliphatic hydroxyl groups is 1. The van der Waals surface area contributed by atoms with E-state index < -0.39 is 0 Å². The fraction of sp³-hybridized carbons (Fsp3) is 0.182. The number of aryl methyl sites for hydroxylation is 1. The number of nitrogens with zero attached hydrogens (tertiary/aromatic N) is 2. The molecule has 2 rings (SSSR count). The number of hydrogen-bond donors (Lipinski definition) is 1. The molecular formula is C11H10N2O. The lowest BCUT2D eigenvalue weighted by Gasteiger charge is -1.99. The van der Waals surface area contributed by atoms with Gasteiger partial charge in [-0.2, -0.15) is 5.26 Å². The van der Waals surface area contributed by atoms with E-state index in [0.29, 0.717) is 5.56 Å². The SMILES string of the molecule is Cn1c(CO)cc2ccc(C#N)cc21. The number of aliphatic hydroxyl groups excluding tert-OH is 1. The first kappa shape index (κ1) is 8.79. The minimum Gasteiger partial charge on any atom is -0.390 e. The largest absolute Gasteiger partial charge is 0.390 e. The summed E-state index contributed by atoms with van der Waals surface area (Å²) in [6.45, 7) is 0.0209. The molecule has 0 aliphatic rings. The van der Waals surface area contributed by atoms with Gasteiger partial charge in [0.2, 0.25) is 0 Å². The zero-order valence-corrected chi connectivity index (χ0v) is 7.86. The lowest BCUT2D eigenvalue weighted by molar-refractivity contribution is 0.273. The molecule has 1 aromatic carbocycles. The van der Waals surface area contributed by atoms with Crippen LogP contribution in [0.1, 0.15) is 11.3 Å². The van der Waals surface area contributed by atoms with Gasteiger partial charge in [-0.05, 0) is 18.2 Å². The van der Waals surface area contributed by atoms with Gasteiger partial charge in [0, 0.05) is 23.6 Å². The van der Waals surface area contributed by atoms with E-state index in [1.807, 2.05) is 29.8 Å². The molecule has 0 spiro atoms. The van der Waals surface area contributed by atoms with Crippen molar-refractivity contribution in [3.05, 3.63) is 35.5 Å². The third kappa shape index (κ3) is 1.17. The standard InChI is InChI=1S/C11H10N2O/c1-13-10(7-14)5-9-3-2-8(6-12)4-11(9)13/h2-5,14H,7H2,1H3. The monoisotopic (exact) mass is 186 g/mol. The third-order valence-electron chi connectivity index (χ3n) is 2.44. The van der Waals surface area contributed by atoms with Gasteiger partial charge < -0.3 is 9.67 Å². The fourth-order valence-corrected chi connectivity index (χ4v) is 1.61. The van der Waals surface area contributed by atoms with E-state index in [4.69, 9.17) is 10.4 Å². The van der Waals surface area contributed by atoms with Crippen molar-refractivity contribution in [1.82, 2.24) is 4.57 Å². The molecule has 0 bridgehead atoms. The maximum absolute atomic E-state index is 9.06.